The molecule has 0 bridgehead atoms. The SMILES string of the molecule is C1CCN(C2CCC(NCC3CCC4OCOC4C3)CC2)C1. The maximum atomic E-state index is 5.69. The predicted octanol–water partition coefficient (Wildman–Crippen LogP) is 2.52. The second kappa shape index (κ2) is 7.16. The zero-order chi connectivity index (χ0) is 14.8. The first-order valence-electron chi connectivity index (χ1n) is 9.59. The van der Waals surface area contributed by atoms with Crippen LogP contribution in [0.3, 0.4) is 0 Å². The van der Waals surface area contributed by atoms with Gasteiger partial charge in [0, 0.05) is 12.1 Å². The molecule has 4 rings (SSSR count). The van der Waals surface area contributed by atoms with Gasteiger partial charge >= 0.3 is 0 Å². The van der Waals surface area contributed by atoms with Crippen LogP contribution in [0, 0.1) is 5.92 Å². The lowest BCUT2D eigenvalue weighted by molar-refractivity contribution is 0.0387. The van der Waals surface area contributed by atoms with Crippen LogP contribution in [0.2, 0.25) is 0 Å². The van der Waals surface area contributed by atoms with Gasteiger partial charge in [0.05, 0.1) is 12.2 Å². The average Bonchev–Trinajstić information content (AvgIpc) is 3.24. The summed E-state index contributed by atoms with van der Waals surface area (Å²) >= 11 is 0. The van der Waals surface area contributed by atoms with Crippen molar-refractivity contribution < 1.29 is 9.47 Å². The van der Waals surface area contributed by atoms with E-state index >= 15 is 0 Å². The molecule has 3 atom stereocenters. The lowest BCUT2D eigenvalue weighted by Gasteiger charge is -2.36. The Morgan fingerprint density at radius 1 is 0.864 bits per heavy atom. The van der Waals surface area contributed by atoms with Crippen molar-refractivity contribution in [1.82, 2.24) is 10.2 Å². The monoisotopic (exact) mass is 308 g/mol. The molecule has 0 aromatic rings. The van der Waals surface area contributed by atoms with E-state index in [1.54, 1.807) is 0 Å². The highest BCUT2D eigenvalue weighted by atomic mass is 16.7. The van der Waals surface area contributed by atoms with Gasteiger partial charge in [-0.3, -0.25) is 0 Å². The van der Waals surface area contributed by atoms with E-state index in [4.69, 9.17) is 9.47 Å². The van der Waals surface area contributed by atoms with Crippen molar-refractivity contribution in [3.05, 3.63) is 0 Å². The van der Waals surface area contributed by atoms with E-state index in [9.17, 15) is 0 Å². The number of likely N-dealkylation sites (tertiary alicyclic amines) is 1. The number of ether oxygens (including phenoxy) is 2. The summed E-state index contributed by atoms with van der Waals surface area (Å²) in [5, 5.41) is 3.87. The van der Waals surface area contributed by atoms with Crippen LogP contribution in [-0.4, -0.2) is 55.6 Å². The molecule has 0 amide bonds. The minimum Gasteiger partial charge on any atom is -0.349 e. The Kier molecular flexibility index (Phi) is 5.01. The first-order valence-corrected chi connectivity index (χ1v) is 9.59. The van der Waals surface area contributed by atoms with Crippen molar-refractivity contribution in [2.75, 3.05) is 26.4 Å². The van der Waals surface area contributed by atoms with Crippen LogP contribution < -0.4 is 5.32 Å². The van der Waals surface area contributed by atoms with Crippen LogP contribution in [-0.2, 0) is 9.47 Å². The molecule has 4 heteroatoms. The maximum absolute atomic E-state index is 5.69. The summed E-state index contributed by atoms with van der Waals surface area (Å²) in [6.45, 7) is 4.42. The van der Waals surface area contributed by atoms with Crippen LogP contribution in [0.15, 0.2) is 0 Å². The molecule has 4 nitrogen and oxygen atoms in total. The number of hydrogen-bond acceptors (Lipinski definition) is 4. The van der Waals surface area contributed by atoms with Crippen molar-refractivity contribution in [3.8, 4) is 0 Å². The molecule has 2 aliphatic heterocycles. The normalized spacial score (nSPS) is 43.4. The third-order valence-corrected chi connectivity index (χ3v) is 6.45. The Morgan fingerprint density at radius 3 is 2.45 bits per heavy atom. The lowest BCUT2D eigenvalue weighted by atomic mass is 9.84. The van der Waals surface area contributed by atoms with Gasteiger partial charge in [0.2, 0.25) is 0 Å². The van der Waals surface area contributed by atoms with E-state index in [2.05, 4.69) is 10.2 Å². The standard InChI is InChI=1S/C18H32N2O2/c1-2-10-20(9-1)16-6-4-15(5-7-16)19-12-14-3-8-17-18(11-14)22-13-21-17/h14-19H,1-13H2. The molecule has 126 valence electrons. The van der Waals surface area contributed by atoms with Crippen LogP contribution >= 0.6 is 0 Å². The molecule has 0 spiro atoms. The summed E-state index contributed by atoms with van der Waals surface area (Å²) in [5.74, 6) is 0.791. The molecule has 3 unspecified atom stereocenters. The van der Waals surface area contributed by atoms with Crippen LogP contribution in [0.1, 0.15) is 57.8 Å². The second-order valence-corrected chi connectivity index (χ2v) is 7.86. The first-order chi connectivity index (χ1) is 10.9. The predicted molar refractivity (Wildman–Crippen MR) is 86.8 cm³/mol. The Hall–Kier alpha value is -0.160. The van der Waals surface area contributed by atoms with Gasteiger partial charge in [0.15, 0.2) is 0 Å². The Morgan fingerprint density at radius 2 is 1.64 bits per heavy atom. The van der Waals surface area contributed by atoms with Gasteiger partial charge in [-0.2, -0.15) is 0 Å². The summed E-state index contributed by atoms with van der Waals surface area (Å²) in [6.07, 6.45) is 12.9. The number of rotatable bonds is 4. The minimum atomic E-state index is 0.381. The van der Waals surface area contributed by atoms with E-state index in [0.717, 1.165) is 18.0 Å². The third kappa shape index (κ3) is 3.50. The molecule has 1 N–H and O–H groups in total. The summed E-state index contributed by atoms with van der Waals surface area (Å²) in [6, 6.07) is 1.65. The van der Waals surface area contributed by atoms with Crippen molar-refractivity contribution >= 4 is 0 Å². The fourth-order valence-electron chi connectivity index (χ4n) is 5.03. The number of nitrogens with one attached hydrogen (secondary N) is 1. The molecule has 0 aromatic heterocycles. The molecule has 2 heterocycles. The van der Waals surface area contributed by atoms with Crippen molar-refractivity contribution in [2.24, 2.45) is 5.92 Å². The zero-order valence-corrected chi connectivity index (χ0v) is 13.8. The van der Waals surface area contributed by atoms with Crippen molar-refractivity contribution in [2.45, 2.75) is 82.1 Å². The topological polar surface area (TPSA) is 33.7 Å². The number of hydrogen-bond donors (Lipinski definition) is 1. The van der Waals surface area contributed by atoms with E-state index in [1.165, 1.54) is 77.4 Å². The molecule has 22 heavy (non-hydrogen) atoms. The van der Waals surface area contributed by atoms with E-state index < -0.39 is 0 Å². The number of nitrogens with zero attached hydrogens (tertiary/aromatic N) is 1. The lowest BCUT2D eigenvalue weighted by Crippen LogP contribution is -2.43. The zero-order valence-electron chi connectivity index (χ0n) is 13.8. The quantitative estimate of drug-likeness (QED) is 0.865. The van der Waals surface area contributed by atoms with Gasteiger partial charge in [0.25, 0.3) is 0 Å². The van der Waals surface area contributed by atoms with Gasteiger partial charge in [-0.25, -0.2) is 0 Å². The fraction of sp³-hybridized carbons (Fsp3) is 1.00. The molecule has 4 fully saturated rings. The maximum Gasteiger partial charge on any atom is 0.147 e. The van der Waals surface area contributed by atoms with Crippen molar-refractivity contribution in [1.29, 1.82) is 0 Å². The molecular weight excluding hydrogens is 276 g/mol. The van der Waals surface area contributed by atoms with Crippen LogP contribution in [0.5, 0.6) is 0 Å². The number of fused-ring (bicyclic) bond motifs is 1. The van der Waals surface area contributed by atoms with Gasteiger partial charge in [-0.1, -0.05) is 0 Å². The molecule has 2 saturated carbocycles. The Labute approximate surface area is 134 Å². The minimum absolute atomic E-state index is 0.381. The first kappa shape index (κ1) is 15.4. The summed E-state index contributed by atoms with van der Waals surface area (Å²) in [5.41, 5.74) is 0. The highest BCUT2D eigenvalue weighted by Gasteiger charge is 2.36. The van der Waals surface area contributed by atoms with Gasteiger partial charge in [-0.15, -0.1) is 0 Å². The molecule has 4 aliphatic rings. The Bertz CT molecular complexity index is 351. The summed E-state index contributed by atoms with van der Waals surface area (Å²) in [7, 11) is 0. The fourth-order valence-corrected chi connectivity index (χ4v) is 5.03. The molecular formula is C18H32N2O2. The van der Waals surface area contributed by atoms with E-state index in [0.29, 0.717) is 19.0 Å². The summed E-state index contributed by atoms with van der Waals surface area (Å²) in [4.78, 5) is 2.74. The van der Waals surface area contributed by atoms with Crippen molar-refractivity contribution in [3.63, 3.8) is 0 Å². The Balaban J connectivity index is 1.16. The average molecular weight is 308 g/mol. The molecule has 0 radical (unpaired) electrons. The van der Waals surface area contributed by atoms with Crippen LogP contribution in [0.4, 0.5) is 0 Å². The van der Waals surface area contributed by atoms with E-state index in [-0.39, 0.29) is 0 Å². The van der Waals surface area contributed by atoms with E-state index in [1.807, 2.05) is 0 Å². The molecule has 2 saturated heterocycles. The molecule has 2 aliphatic carbocycles. The van der Waals surface area contributed by atoms with Gasteiger partial charge in [-0.05, 0) is 83.3 Å². The van der Waals surface area contributed by atoms with Gasteiger partial charge < -0.3 is 19.7 Å². The molecule has 0 aromatic carbocycles. The summed E-state index contributed by atoms with van der Waals surface area (Å²) < 4.78 is 11.3. The van der Waals surface area contributed by atoms with Crippen LogP contribution in [0.25, 0.3) is 0 Å². The smallest absolute Gasteiger partial charge is 0.147 e. The van der Waals surface area contributed by atoms with Gasteiger partial charge in [0.1, 0.15) is 6.79 Å². The highest BCUT2D eigenvalue weighted by Crippen LogP contribution is 2.32. The second-order valence-electron chi connectivity index (χ2n) is 7.86. The highest BCUT2D eigenvalue weighted by molar-refractivity contribution is 4.88. The largest absolute Gasteiger partial charge is 0.349 e. The third-order valence-electron chi connectivity index (χ3n) is 6.45.